The number of sulfonamides is 1. The van der Waals surface area contributed by atoms with E-state index in [9.17, 15) is 18.0 Å². The molecule has 0 aliphatic carbocycles. The van der Waals surface area contributed by atoms with Gasteiger partial charge in [-0.05, 0) is 97.4 Å². The fourth-order valence-corrected chi connectivity index (χ4v) is 4.66. The first-order chi connectivity index (χ1) is 19.2. The second-order valence-electron chi connectivity index (χ2n) is 8.22. The zero-order valence-electron chi connectivity index (χ0n) is 21.2. The van der Waals surface area contributed by atoms with E-state index >= 15 is 0 Å². The second kappa shape index (κ2) is 12.9. The molecule has 0 spiro atoms. The van der Waals surface area contributed by atoms with E-state index in [0.717, 1.165) is 0 Å². The Kier molecular flexibility index (Phi) is 9.15. The monoisotopic (exact) mass is 577 g/mol. The van der Waals surface area contributed by atoms with Gasteiger partial charge in [0.25, 0.3) is 15.9 Å². The Labute approximate surface area is 236 Å². The smallest absolute Gasteiger partial charge is 0.343 e. The lowest BCUT2D eigenvalue weighted by Gasteiger charge is -2.11. The van der Waals surface area contributed by atoms with Crippen LogP contribution in [0.2, 0.25) is 5.02 Å². The minimum Gasteiger partial charge on any atom is -0.494 e. The van der Waals surface area contributed by atoms with E-state index in [1.807, 2.05) is 6.92 Å². The quantitative estimate of drug-likeness (QED) is 0.111. The van der Waals surface area contributed by atoms with E-state index in [1.54, 1.807) is 60.7 Å². The Hall–Kier alpha value is -4.67. The molecular formula is C29H24ClN3O6S. The van der Waals surface area contributed by atoms with Crippen molar-refractivity contribution >= 4 is 45.4 Å². The second-order valence-corrected chi connectivity index (χ2v) is 10.3. The summed E-state index contributed by atoms with van der Waals surface area (Å²) >= 11 is 5.84. The van der Waals surface area contributed by atoms with Crippen molar-refractivity contribution in [1.29, 1.82) is 0 Å². The number of nitrogens with zero attached hydrogens (tertiary/aromatic N) is 1. The lowest BCUT2D eigenvalue weighted by molar-refractivity contribution is 0.0734. The molecule has 4 aromatic rings. The highest BCUT2D eigenvalue weighted by Crippen LogP contribution is 2.22. The number of hydrogen-bond donors (Lipinski definition) is 2. The van der Waals surface area contributed by atoms with Crippen LogP contribution >= 0.6 is 11.6 Å². The molecule has 0 fully saturated rings. The van der Waals surface area contributed by atoms with Gasteiger partial charge < -0.3 is 9.47 Å². The topological polar surface area (TPSA) is 123 Å². The minimum atomic E-state index is -3.95. The Bertz CT molecular complexity index is 1620. The maximum Gasteiger partial charge on any atom is 0.343 e. The summed E-state index contributed by atoms with van der Waals surface area (Å²) in [5, 5.41) is 4.35. The number of amides is 1. The molecule has 0 unspecified atom stereocenters. The van der Waals surface area contributed by atoms with Gasteiger partial charge in [0.1, 0.15) is 11.5 Å². The summed E-state index contributed by atoms with van der Waals surface area (Å²) in [6, 6.07) is 24.9. The molecule has 0 saturated carbocycles. The molecule has 0 aliphatic rings. The number of carbonyl (C=O) groups is 2. The number of halogens is 1. The van der Waals surface area contributed by atoms with Crippen LogP contribution in [-0.4, -0.2) is 33.1 Å². The van der Waals surface area contributed by atoms with Gasteiger partial charge in [0.2, 0.25) is 0 Å². The van der Waals surface area contributed by atoms with Crippen molar-refractivity contribution in [2.24, 2.45) is 5.10 Å². The minimum absolute atomic E-state index is 0.00117. The SMILES string of the molecule is CCOc1ccc(C(=O)Oc2ccc(/C=N/NC(=O)c3ccccc3NS(=O)(=O)c3ccc(Cl)cc3)cc2)cc1. The van der Waals surface area contributed by atoms with Gasteiger partial charge in [-0.1, -0.05) is 23.7 Å². The average Bonchev–Trinajstić information content (AvgIpc) is 2.95. The molecule has 2 N–H and O–H groups in total. The van der Waals surface area contributed by atoms with Crippen molar-refractivity contribution in [3.05, 3.63) is 119 Å². The maximum absolute atomic E-state index is 12.7. The Morgan fingerprint density at radius 1 is 0.875 bits per heavy atom. The summed E-state index contributed by atoms with van der Waals surface area (Å²) in [7, 11) is -3.95. The first kappa shape index (κ1) is 28.3. The molecule has 4 aromatic carbocycles. The zero-order valence-corrected chi connectivity index (χ0v) is 22.8. The maximum atomic E-state index is 12.7. The van der Waals surface area contributed by atoms with Crippen LogP contribution in [0.25, 0.3) is 0 Å². The summed E-state index contributed by atoms with van der Waals surface area (Å²) in [5.41, 5.74) is 3.55. The van der Waals surface area contributed by atoms with E-state index in [0.29, 0.717) is 34.3 Å². The number of ether oxygens (including phenoxy) is 2. The molecule has 11 heteroatoms. The number of para-hydroxylation sites is 1. The van der Waals surface area contributed by atoms with Crippen molar-refractivity contribution in [3.8, 4) is 11.5 Å². The third kappa shape index (κ3) is 7.46. The fraction of sp³-hybridized carbons (Fsp3) is 0.0690. The van der Waals surface area contributed by atoms with Crippen LogP contribution in [0, 0.1) is 0 Å². The first-order valence-corrected chi connectivity index (χ1v) is 13.9. The third-order valence-corrected chi connectivity index (χ3v) is 7.04. The van der Waals surface area contributed by atoms with Gasteiger partial charge in [-0.2, -0.15) is 5.10 Å². The number of carbonyl (C=O) groups excluding carboxylic acids is 2. The van der Waals surface area contributed by atoms with Crippen LogP contribution in [0.3, 0.4) is 0 Å². The molecule has 4 rings (SSSR count). The first-order valence-electron chi connectivity index (χ1n) is 12.0. The highest BCUT2D eigenvalue weighted by atomic mass is 35.5. The molecule has 1 amide bonds. The van der Waals surface area contributed by atoms with E-state index in [-0.39, 0.29) is 16.1 Å². The molecule has 0 heterocycles. The number of esters is 1. The van der Waals surface area contributed by atoms with Crippen LogP contribution in [-0.2, 0) is 10.0 Å². The van der Waals surface area contributed by atoms with Gasteiger partial charge in [0, 0.05) is 5.02 Å². The van der Waals surface area contributed by atoms with E-state index in [1.165, 1.54) is 42.6 Å². The van der Waals surface area contributed by atoms with Gasteiger partial charge in [-0.15, -0.1) is 0 Å². The third-order valence-electron chi connectivity index (χ3n) is 5.41. The van der Waals surface area contributed by atoms with E-state index < -0.39 is 21.9 Å². The molecule has 9 nitrogen and oxygen atoms in total. The van der Waals surface area contributed by atoms with Gasteiger partial charge in [0.05, 0.1) is 34.5 Å². The molecule has 40 heavy (non-hydrogen) atoms. The van der Waals surface area contributed by atoms with Gasteiger partial charge >= 0.3 is 5.97 Å². The van der Waals surface area contributed by atoms with Crippen molar-refractivity contribution in [3.63, 3.8) is 0 Å². The number of rotatable bonds is 10. The Balaban J connectivity index is 1.36. The lowest BCUT2D eigenvalue weighted by atomic mass is 10.2. The summed E-state index contributed by atoms with van der Waals surface area (Å²) in [5.74, 6) is -0.131. The van der Waals surface area contributed by atoms with Gasteiger partial charge in [-0.25, -0.2) is 18.6 Å². The Morgan fingerprint density at radius 2 is 1.52 bits per heavy atom. The highest BCUT2D eigenvalue weighted by Gasteiger charge is 2.18. The van der Waals surface area contributed by atoms with Gasteiger partial charge in [-0.3, -0.25) is 9.52 Å². The zero-order chi connectivity index (χ0) is 28.5. The molecule has 204 valence electrons. The lowest BCUT2D eigenvalue weighted by Crippen LogP contribution is -2.21. The van der Waals surface area contributed by atoms with Crippen molar-refractivity contribution in [2.45, 2.75) is 11.8 Å². The van der Waals surface area contributed by atoms with Crippen LogP contribution in [0.4, 0.5) is 5.69 Å². The standard InChI is InChI=1S/C29H24ClN3O6S/c1-2-38-23-15-9-21(10-16-23)29(35)39-24-13-7-20(8-14-24)19-31-32-28(34)26-5-3-4-6-27(26)33-40(36,37)25-17-11-22(30)12-18-25/h3-19,33H,2H2,1H3,(H,32,34)/b31-19+. The molecule has 0 saturated heterocycles. The molecule has 0 bridgehead atoms. The van der Waals surface area contributed by atoms with Crippen LogP contribution in [0.1, 0.15) is 33.2 Å². The number of hydrogen-bond acceptors (Lipinski definition) is 7. The molecule has 0 radical (unpaired) electrons. The van der Waals surface area contributed by atoms with Crippen LogP contribution < -0.4 is 19.6 Å². The highest BCUT2D eigenvalue weighted by molar-refractivity contribution is 7.92. The van der Waals surface area contributed by atoms with Crippen molar-refractivity contribution in [2.75, 3.05) is 11.3 Å². The summed E-state index contributed by atoms with van der Waals surface area (Å²) in [6.45, 7) is 2.41. The molecule has 0 aromatic heterocycles. The fourth-order valence-electron chi connectivity index (χ4n) is 3.46. The predicted octanol–water partition coefficient (Wildman–Crippen LogP) is 5.52. The summed E-state index contributed by atoms with van der Waals surface area (Å²) < 4.78 is 38.7. The predicted molar refractivity (Wildman–Crippen MR) is 153 cm³/mol. The van der Waals surface area contributed by atoms with Crippen LogP contribution in [0.15, 0.2) is 107 Å². The normalized spacial score (nSPS) is 11.2. The number of anilines is 1. The number of benzene rings is 4. The largest absolute Gasteiger partial charge is 0.494 e. The average molecular weight is 578 g/mol. The molecular weight excluding hydrogens is 554 g/mol. The molecule has 0 aliphatic heterocycles. The van der Waals surface area contributed by atoms with Crippen LogP contribution in [0.5, 0.6) is 11.5 Å². The van der Waals surface area contributed by atoms with Crippen molar-refractivity contribution in [1.82, 2.24) is 5.43 Å². The van der Waals surface area contributed by atoms with E-state index in [4.69, 9.17) is 21.1 Å². The summed E-state index contributed by atoms with van der Waals surface area (Å²) in [6.07, 6.45) is 1.40. The summed E-state index contributed by atoms with van der Waals surface area (Å²) in [4.78, 5) is 25.1. The van der Waals surface area contributed by atoms with Crippen molar-refractivity contribution < 1.29 is 27.5 Å². The number of hydrazone groups is 1. The van der Waals surface area contributed by atoms with Gasteiger partial charge in [0.15, 0.2) is 0 Å². The Morgan fingerprint density at radius 3 is 2.20 bits per heavy atom. The molecule has 0 atom stereocenters. The number of nitrogens with one attached hydrogen (secondary N) is 2. The van der Waals surface area contributed by atoms with E-state index in [2.05, 4.69) is 15.2 Å².